The number of halogens is 3. The first-order valence-electron chi connectivity index (χ1n) is 6.46. The molecular formula is C15H12Cl2IN3. The fraction of sp³-hybridized carbons (Fsp3) is 0.200. The fourth-order valence-electron chi connectivity index (χ4n) is 2.27. The molecule has 2 aromatic heterocycles. The highest BCUT2D eigenvalue weighted by Crippen LogP contribution is 2.27. The van der Waals surface area contributed by atoms with Gasteiger partial charge in [0, 0.05) is 26.6 Å². The van der Waals surface area contributed by atoms with Crippen LogP contribution in [0, 0.1) is 10.5 Å². The molecule has 0 N–H and O–H groups in total. The molecule has 0 aliphatic carbocycles. The second-order valence-corrected chi connectivity index (χ2v) is 6.67. The summed E-state index contributed by atoms with van der Waals surface area (Å²) < 4.78 is 3.13. The number of aromatic nitrogens is 3. The molecule has 0 aliphatic heterocycles. The summed E-state index contributed by atoms with van der Waals surface area (Å²) in [6, 6.07) is 9.77. The van der Waals surface area contributed by atoms with Crippen LogP contribution >= 0.6 is 45.8 Å². The average Bonchev–Trinajstić information content (AvgIpc) is 2.77. The van der Waals surface area contributed by atoms with E-state index in [1.54, 1.807) is 0 Å². The molecule has 3 nitrogen and oxygen atoms in total. The zero-order chi connectivity index (χ0) is 15.0. The van der Waals surface area contributed by atoms with Gasteiger partial charge in [0.05, 0.1) is 5.69 Å². The Morgan fingerprint density at radius 3 is 2.71 bits per heavy atom. The SMILES string of the molecule is Cc1ccc2nc(CCCl)n(-c3ccc(Cl)cc3I)c2n1. The molecule has 0 radical (unpaired) electrons. The van der Waals surface area contributed by atoms with Gasteiger partial charge in [-0.3, -0.25) is 4.57 Å². The summed E-state index contributed by atoms with van der Waals surface area (Å²) >= 11 is 14.3. The van der Waals surface area contributed by atoms with Gasteiger partial charge >= 0.3 is 0 Å². The van der Waals surface area contributed by atoms with Crippen LogP contribution in [0.4, 0.5) is 0 Å². The molecule has 0 unspecified atom stereocenters. The van der Waals surface area contributed by atoms with Gasteiger partial charge in [-0.15, -0.1) is 11.6 Å². The molecule has 108 valence electrons. The van der Waals surface area contributed by atoms with Crippen molar-refractivity contribution in [3.05, 3.63) is 50.4 Å². The average molecular weight is 432 g/mol. The van der Waals surface area contributed by atoms with Crippen LogP contribution in [0.1, 0.15) is 11.5 Å². The van der Waals surface area contributed by atoms with Crippen molar-refractivity contribution in [2.24, 2.45) is 0 Å². The van der Waals surface area contributed by atoms with E-state index in [-0.39, 0.29) is 0 Å². The summed E-state index contributed by atoms with van der Waals surface area (Å²) in [4.78, 5) is 9.30. The second-order valence-electron chi connectivity index (χ2n) is 4.69. The number of imidazole rings is 1. The summed E-state index contributed by atoms with van der Waals surface area (Å²) in [7, 11) is 0. The Morgan fingerprint density at radius 1 is 1.19 bits per heavy atom. The lowest BCUT2D eigenvalue weighted by Gasteiger charge is -2.10. The minimum absolute atomic E-state index is 0.520. The van der Waals surface area contributed by atoms with Gasteiger partial charge in [0.15, 0.2) is 5.65 Å². The largest absolute Gasteiger partial charge is 0.280 e. The number of rotatable bonds is 3. The Morgan fingerprint density at radius 2 is 2.00 bits per heavy atom. The summed E-state index contributed by atoms with van der Waals surface area (Å²) in [6.45, 7) is 1.98. The summed E-state index contributed by atoms with van der Waals surface area (Å²) in [5, 5.41) is 0.718. The van der Waals surface area contributed by atoms with Gasteiger partial charge < -0.3 is 0 Å². The summed E-state index contributed by atoms with van der Waals surface area (Å²) in [5.41, 5.74) is 3.73. The Bertz CT molecular complexity index is 814. The van der Waals surface area contributed by atoms with Crippen molar-refractivity contribution in [2.45, 2.75) is 13.3 Å². The minimum atomic E-state index is 0.520. The Labute approximate surface area is 146 Å². The van der Waals surface area contributed by atoms with E-state index in [0.29, 0.717) is 12.3 Å². The van der Waals surface area contributed by atoms with E-state index < -0.39 is 0 Å². The Balaban J connectivity index is 2.32. The van der Waals surface area contributed by atoms with Crippen molar-refractivity contribution >= 4 is 57.0 Å². The fourth-order valence-corrected chi connectivity index (χ4v) is 3.55. The predicted molar refractivity (Wildman–Crippen MR) is 95.8 cm³/mol. The number of benzene rings is 1. The Hall–Kier alpha value is -0.850. The van der Waals surface area contributed by atoms with Gasteiger partial charge in [-0.05, 0) is 59.8 Å². The van der Waals surface area contributed by atoms with E-state index in [0.717, 1.165) is 37.0 Å². The number of aryl methyl sites for hydroxylation is 2. The minimum Gasteiger partial charge on any atom is -0.280 e. The van der Waals surface area contributed by atoms with E-state index in [1.807, 2.05) is 37.3 Å². The molecule has 0 bridgehead atoms. The van der Waals surface area contributed by atoms with Crippen molar-refractivity contribution < 1.29 is 0 Å². The van der Waals surface area contributed by atoms with Gasteiger partial charge in [0.1, 0.15) is 11.3 Å². The molecule has 0 amide bonds. The number of fused-ring (bicyclic) bond motifs is 1. The van der Waals surface area contributed by atoms with Crippen LogP contribution in [0.3, 0.4) is 0 Å². The van der Waals surface area contributed by atoms with Crippen LogP contribution in [0.5, 0.6) is 0 Å². The summed E-state index contributed by atoms with van der Waals surface area (Å²) in [5.74, 6) is 1.44. The van der Waals surface area contributed by atoms with Crippen LogP contribution in [0.25, 0.3) is 16.9 Å². The molecule has 0 atom stereocenters. The van der Waals surface area contributed by atoms with Crippen molar-refractivity contribution in [1.29, 1.82) is 0 Å². The van der Waals surface area contributed by atoms with Crippen LogP contribution < -0.4 is 0 Å². The van der Waals surface area contributed by atoms with Crippen molar-refractivity contribution in [1.82, 2.24) is 14.5 Å². The van der Waals surface area contributed by atoms with Gasteiger partial charge in [0.2, 0.25) is 0 Å². The molecule has 0 spiro atoms. The van der Waals surface area contributed by atoms with E-state index in [4.69, 9.17) is 23.2 Å². The first-order valence-corrected chi connectivity index (χ1v) is 8.45. The predicted octanol–water partition coefficient (Wildman–Crippen LogP) is 4.77. The maximum absolute atomic E-state index is 6.06. The number of hydrogen-bond donors (Lipinski definition) is 0. The molecule has 0 saturated carbocycles. The quantitative estimate of drug-likeness (QED) is 0.441. The third kappa shape index (κ3) is 2.89. The van der Waals surface area contributed by atoms with Crippen LogP contribution in [0.15, 0.2) is 30.3 Å². The molecule has 3 aromatic rings. The molecule has 0 fully saturated rings. The molecule has 2 heterocycles. The van der Waals surface area contributed by atoms with Crippen LogP contribution in [0.2, 0.25) is 5.02 Å². The van der Waals surface area contributed by atoms with Gasteiger partial charge in [0.25, 0.3) is 0 Å². The molecule has 21 heavy (non-hydrogen) atoms. The van der Waals surface area contributed by atoms with E-state index in [2.05, 4.69) is 37.1 Å². The maximum Gasteiger partial charge on any atom is 0.164 e. The third-order valence-corrected chi connectivity index (χ3v) is 4.47. The maximum atomic E-state index is 6.06. The number of nitrogens with zero attached hydrogens (tertiary/aromatic N) is 3. The van der Waals surface area contributed by atoms with E-state index >= 15 is 0 Å². The lowest BCUT2D eigenvalue weighted by Crippen LogP contribution is -2.05. The summed E-state index contributed by atoms with van der Waals surface area (Å²) in [6.07, 6.45) is 0.690. The first kappa shape index (κ1) is 15.1. The smallest absolute Gasteiger partial charge is 0.164 e. The topological polar surface area (TPSA) is 30.7 Å². The van der Waals surface area contributed by atoms with Crippen molar-refractivity contribution in [3.63, 3.8) is 0 Å². The number of pyridine rings is 1. The molecule has 0 saturated heterocycles. The second kappa shape index (κ2) is 6.10. The van der Waals surface area contributed by atoms with Gasteiger partial charge in [-0.1, -0.05) is 11.6 Å². The van der Waals surface area contributed by atoms with E-state index in [9.17, 15) is 0 Å². The van der Waals surface area contributed by atoms with Gasteiger partial charge in [-0.2, -0.15) is 0 Å². The van der Waals surface area contributed by atoms with Crippen molar-refractivity contribution in [2.75, 3.05) is 5.88 Å². The highest BCUT2D eigenvalue weighted by Gasteiger charge is 2.15. The monoisotopic (exact) mass is 431 g/mol. The molecule has 1 aromatic carbocycles. The lowest BCUT2D eigenvalue weighted by molar-refractivity contribution is 0.901. The lowest BCUT2D eigenvalue weighted by atomic mass is 10.3. The zero-order valence-electron chi connectivity index (χ0n) is 11.3. The normalized spacial score (nSPS) is 11.2. The Kier molecular flexibility index (Phi) is 4.38. The highest BCUT2D eigenvalue weighted by molar-refractivity contribution is 14.1. The van der Waals surface area contributed by atoms with E-state index in [1.165, 1.54) is 0 Å². The number of hydrogen-bond acceptors (Lipinski definition) is 2. The zero-order valence-corrected chi connectivity index (χ0v) is 14.9. The molecule has 3 rings (SSSR count). The van der Waals surface area contributed by atoms with Crippen LogP contribution in [-0.2, 0) is 6.42 Å². The van der Waals surface area contributed by atoms with Gasteiger partial charge in [-0.25, -0.2) is 9.97 Å². The standard InChI is InChI=1S/C15H12Cl2IN3/c1-9-2-4-12-15(19-9)21(14(20-12)6-7-16)13-5-3-10(17)8-11(13)18/h2-5,8H,6-7H2,1H3. The third-order valence-electron chi connectivity index (χ3n) is 3.18. The number of alkyl halides is 1. The van der Waals surface area contributed by atoms with Crippen LogP contribution in [-0.4, -0.2) is 20.4 Å². The molecule has 0 aliphatic rings. The highest BCUT2D eigenvalue weighted by atomic mass is 127. The first-order chi connectivity index (χ1) is 10.1. The molecule has 6 heteroatoms. The molecular weight excluding hydrogens is 420 g/mol. The van der Waals surface area contributed by atoms with Crippen molar-refractivity contribution in [3.8, 4) is 5.69 Å².